The van der Waals surface area contributed by atoms with Gasteiger partial charge < -0.3 is 10.6 Å². The van der Waals surface area contributed by atoms with Gasteiger partial charge in [-0.25, -0.2) is 0 Å². The van der Waals surface area contributed by atoms with E-state index in [0.29, 0.717) is 11.4 Å². The van der Waals surface area contributed by atoms with Crippen LogP contribution in [-0.4, -0.2) is 11.9 Å². The number of carbonyl (C=O) groups is 1. The third-order valence-electron chi connectivity index (χ3n) is 4.18. The molecule has 0 radical (unpaired) electrons. The van der Waals surface area contributed by atoms with E-state index in [0.717, 1.165) is 23.2 Å². The van der Waals surface area contributed by atoms with E-state index < -0.39 is 6.04 Å². The van der Waals surface area contributed by atoms with Gasteiger partial charge in [-0.15, -0.1) is 0 Å². The van der Waals surface area contributed by atoms with Crippen LogP contribution >= 0.6 is 11.6 Å². The summed E-state index contributed by atoms with van der Waals surface area (Å²) in [5.41, 5.74) is 9.14. The van der Waals surface area contributed by atoms with Crippen LogP contribution in [0.15, 0.2) is 48.5 Å². The van der Waals surface area contributed by atoms with Crippen LogP contribution in [0.3, 0.4) is 0 Å². The predicted octanol–water partition coefficient (Wildman–Crippen LogP) is 3.71. The molecular formula is C18H19ClN2O. The molecule has 0 aliphatic carbocycles. The van der Waals surface area contributed by atoms with Crippen molar-refractivity contribution in [1.82, 2.24) is 0 Å². The molecule has 2 aromatic rings. The molecule has 22 heavy (non-hydrogen) atoms. The number of carbonyl (C=O) groups excluding carboxylic acids is 1. The zero-order chi connectivity index (χ0) is 15.7. The monoisotopic (exact) mass is 314 g/mol. The minimum atomic E-state index is -0.494. The number of rotatable bonds is 3. The molecule has 2 aromatic carbocycles. The van der Waals surface area contributed by atoms with Crippen molar-refractivity contribution in [1.29, 1.82) is 0 Å². The summed E-state index contributed by atoms with van der Waals surface area (Å²) in [5, 5.41) is 0.634. The number of halogens is 1. The van der Waals surface area contributed by atoms with Crippen LogP contribution in [0.25, 0.3) is 0 Å². The molecule has 0 spiro atoms. The quantitative estimate of drug-likeness (QED) is 0.938. The highest BCUT2D eigenvalue weighted by atomic mass is 35.5. The summed E-state index contributed by atoms with van der Waals surface area (Å²) in [7, 11) is 0. The molecule has 1 aliphatic rings. The largest absolute Gasteiger partial charge is 0.320 e. The minimum absolute atomic E-state index is 0.0303. The summed E-state index contributed by atoms with van der Waals surface area (Å²) in [6, 6.07) is 15.2. The maximum atomic E-state index is 12.7. The number of hydrogen-bond acceptors (Lipinski definition) is 2. The van der Waals surface area contributed by atoms with Gasteiger partial charge in [0.2, 0.25) is 5.91 Å². The topological polar surface area (TPSA) is 46.3 Å². The summed E-state index contributed by atoms with van der Waals surface area (Å²) < 4.78 is 0. The number of anilines is 1. The maximum absolute atomic E-state index is 12.7. The molecule has 0 saturated heterocycles. The zero-order valence-corrected chi connectivity index (χ0v) is 13.3. The maximum Gasteiger partial charge on any atom is 0.244 e. The summed E-state index contributed by atoms with van der Waals surface area (Å²) in [4.78, 5) is 14.6. The van der Waals surface area contributed by atoms with E-state index in [2.05, 4.69) is 6.92 Å². The summed E-state index contributed by atoms with van der Waals surface area (Å²) >= 11 is 6.15. The first-order valence-corrected chi connectivity index (χ1v) is 7.91. The van der Waals surface area contributed by atoms with Gasteiger partial charge in [0.05, 0.1) is 12.1 Å². The smallest absolute Gasteiger partial charge is 0.244 e. The Bertz CT molecular complexity index is 687. The first kappa shape index (κ1) is 15.1. The molecule has 0 bridgehead atoms. The van der Waals surface area contributed by atoms with Gasteiger partial charge in [0.1, 0.15) is 0 Å². The van der Waals surface area contributed by atoms with Gasteiger partial charge in [0, 0.05) is 10.7 Å². The van der Waals surface area contributed by atoms with Gasteiger partial charge in [0.15, 0.2) is 0 Å². The number of nitrogens with zero attached hydrogens (tertiary/aromatic N) is 1. The second kappa shape index (κ2) is 6.11. The molecule has 3 nitrogen and oxygen atoms in total. The van der Waals surface area contributed by atoms with Crippen LogP contribution in [0.4, 0.5) is 5.69 Å². The molecule has 0 aromatic heterocycles. The lowest BCUT2D eigenvalue weighted by molar-refractivity contribution is -0.120. The normalized spacial score (nSPS) is 19.0. The van der Waals surface area contributed by atoms with E-state index in [1.54, 1.807) is 0 Å². The molecule has 1 heterocycles. The van der Waals surface area contributed by atoms with Crippen molar-refractivity contribution < 1.29 is 4.79 Å². The molecule has 114 valence electrons. The lowest BCUT2D eigenvalue weighted by Gasteiger charge is -2.38. The Hall–Kier alpha value is -1.84. The Balaban J connectivity index is 2.11. The van der Waals surface area contributed by atoms with Crippen LogP contribution in [0.1, 0.15) is 30.5 Å². The third kappa shape index (κ3) is 2.62. The van der Waals surface area contributed by atoms with Gasteiger partial charge in [-0.2, -0.15) is 0 Å². The highest BCUT2D eigenvalue weighted by molar-refractivity contribution is 6.31. The van der Waals surface area contributed by atoms with E-state index in [4.69, 9.17) is 17.3 Å². The highest BCUT2D eigenvalue weighted by Crippen LogP contribution is 2.37. The standard InChI is InChI=1S/C18H19ClN2O/c1-2-16(12-6-4-3-5-7-12)21-17-11-14(19)9-8-13(17)10-15(20)18(21)22/h3-9,11,15-16H,2,10,20H2,1H3/t15-,16+/m1/s1. The second-order valence-corrected chi connectivity index (χ2v) is 6.06. The molecular weight excluding hydrogens is 296 g/mol. The van der Waals surface area contributed by atoms with Gasteiger partial charge in [-0.05, 0) is 36.1 Å². The van der Waals surface area contributed by atoms with Crippen molar-refractivity contribution in [3.8, 4) is 0 Å². The average molecular weight is 315 g/mol. The molecule has 1 amide bonds. The van der Waals surface area contributed by atoms with E-state index in [9.17, 15) is 4.79 Å². The SMILES string of the molecule is CC[C@@H](c1ccccc1)N1C(=O)[C@H](N)Cc2ccc(Cl)cc21. The first-order chi connectivity index (χ1) is 10.6. The van der Waals surface area contributed by atoms with Crippen molar-refractivity contribution >= 4 is 23.2 Å². The van der Waals surface area contributed by atoms with Crippen LogP contribution in [0.2, 0.25) is 5.02 Å². The van der Waals surface area contributed by atoms with Gasteiger partial charge in [-0.1, -0.05) is 54.9 Å². The van der Waals surface area contributed by atoms with E-state index in [1.165, 1.54) is 0 Å². The molecule has 0 saturated carbocycles. The van der Waals surface area contributed by atoms with Gasteiger partial charge in [-0.3, -0.25) is 4.79 Å². The minimum Gasteiger partial charge on any atom is -0.320 e. The van der Waals surface area contributed by atoms with Crippen LogP contribution in [0, 0.1) is 0 Å². The number of amides is 1. The summed E-state index contributed by atoms with van der Waals surface area (Å²) in [5.74, 6) is -0.0366. The Morgan fingerprint density at radius 3 is 2.68 bits per heavy atom. The summed E-state index contributed by atoms with van der Waals surface area (Å²) in [6.45, 7) is 2.08. The predicted molar refractivity (Wildman–Crippen MR) is 90.1 cm³/mol. The van der Waals surface area contributed by atoms with Crippen LogP contribution < -0.4 is 10.6 Å². The second-order valence-electron chi connectivity index (χ2n) is 5.63. The van der Waals surface area contributed by atoms with Gasteiger partial charge >= 0.3 is 0 Å². The van der Waals surface area contributed by atoms with Crippen molar-refractivity contribution in [2.24, 2.45) is 5.73 Å². The lowest BCUT2D eigenvalue weighted by Crippen LogP contribution is -2.50. The van der Waals surface area contributed by atoms with Crippen molar-refractivity contribution in [3.63, 3.8) is 0 Å². The fourth-order valence-corrected chi connectivity index (χ4v) is 3.29. The van der Waals surface area contributed by atoms with Crippen molar-refractivity contribution in [2.75, 3.05) is 4.90 Å². The highest BCUT2D eigenvalue weighted by Gasteiger charge is 2.35. The fraction of sp³-hybridized carbons (Fsp3) is 0.278. The molecule has 0 fully saturated rings. The number of nitrogens with two attached hydrogens (primary N) is 1. The molecule has 4 heteroatoms. The summed E-state index contributed by atoms with van der Waals surface area (Å²) in [6.07, 6.45) is 1.38. The molecule has 2 N–H and O–H groups in total. The van der Waals surface area contributed by atoms with Crippen LogP contribution in [-0.2, 0) is 11.2 Å². The van der Waals surface area contributed by atoms with E-state index >= 15 is 0 Å². The van der Waals surface area contributed by atoms with Gasteiger partial charge in [0.25, 0.3) is 0 Å². The Morgan fingerprint density at radius 1 is 1.27 bits per heavy atom. The Morgan fingerprint density at radius 2 is 2.00 bits per heavy atom. The Labute approximate surface area is 135 Å². The van der Waals surface area contributed by atoms with Crippen molar-refractivity contribution in [2.45, 2.75) is 31.8 Å². The van der Waals surface area contributed by atoms with E-state index in [1.807, 2.05) is 53.4 Å². The first-order valence-electron chi connectivity index (χ1n) is 7.54. The van der Waals surface area contributed by atoms with E-state index in [-0.39, 0.29) is 11.9 Å². The fourth-order valence-electron chi connectivity index (χ4n) is 3.12. The van der Waals surface area contributed by atoms with Crippen molar-refractivity contribution in [3.05, 3.63) is 64.7 Å². The zero-order valence-electron chi connectivity index (χ0n) is 12.5. The molecule has 3 rings (SSSR count). The molecule has 1 aliphatic heterocycles. The average Bonchev–Trinajstić information content (AvgIpc) is 2.53. The molecule has 0 unspecified atom stereocenters. The Kier molecular flexibility index (Phi) is 4.19. The number of benzene rings is 2. The number of fused-ring (bicyclic) bond motifs is 1. The lowest BCUT2D eigenvalue weighted by atomic mass is 9.93. The van der Waals surface area contributed by atoms with Crippen LogP contribution in [0.5, 0.6) is 0 Å². The number of hydrogen-bond donors (Lipinski definition) is 1. The third-order valence-corrected chi connectivity index (χ3v) is 4.42. The molecule has 2 atom stereocenters.